The van der Waals surface area contributed by atoms with E-state index < -0.39 is 0 Å². The topological polar surface area (TPSA) is 84.4 Å². The Morgan fingerprint density at radius 2 is 1.70 bits per heavy atom. The molecule has 7 nitrogen and oxygen atoms in total. The van der Waals surface area contributed by atoms with Crippen LogP contribution in [0.2, 0.25) is 0 Å². The summed E-state index contributed by atoms with van der Waals surface area (Å²) in [4.78, 5) is 37.5. The Bertz CT molecular complexity index is 1580. The standard InChI is InChI=1S/C33H36N4O3.C2H6.C2H2/c1-6-26(40-7-2)11-10-18-37(5)33(39)24-13-15-25(16-14-24)35-32(38)28-21-30(29-12-8-9-17-34-29)36-31-23(4)19-22(3)20-27(28)31;2*1-2/h6,8-9,12-17,19-21H,7,10-11,18H2,1-5H3,(H,35,38);1-2H3;1-2H/b26-6-;;. The van der Waals surface area contributed by atoms with Crippen molar-refractivity contribution in [1.29, 1.82) is 0 Å². The van der Waals surface area contributed by atoms with Gasteiger partial charge in [0.1, 0.15) is 0 Å². The Balaban J connectivity index is 0.00000162. The Hall–Kier alpha value is -4.96. The number of terminal acetylenes is 1. The molecule has 0 fully saturated rings. The highest BCUT2D eigenvalue weighted by Crippen LogP contribution is 2.28. The van der Waals surface area contributed by atoms with Crippen LogP contribution < -0.4 is 5.32 Å². The lowest BCUT2D eigenvalue weighted by Crippen LogP contribution is -2.27. The molecule has 2 heterocycles. The second-order valence-corrected chi connectivity index (χ2v) is 9.80. The lowest BCUT2D eigenvalue weighted by Gasteiger charge is -2.18. The number of aromatic nitrogens is 2. The van der Waals surface area contributed by atoms with Gasteiger partial charge in [-0.05, 0) is 94.3 Å². The summed E-state index contributed by atoms with van der Waals surface area (Å²) in [6.45, 7) is 13.2. The first-order chi connectivity index (χ1) is 21.3. The van der Waals surface area contributed by atoms with Crippen LogP contribution in [0.4, 0.5) is 5.69 Å². The maximum Gasteiger partial charge on any atom is 0.256 e. The van der Waals surface area contributed by atoms with Gasteiger partial charge in [0.2, 0.25) is 0 Å². The molecule has 2 aromatic carbocycles. The van der Waals surface area contributed by atoms with Gasteiger partial charge < -0.3 is 15.0 Å². The van der Waals surface area contributed by atoms with Crippen LogP contribution in [-0.2, 0) is 4.74 Å². The normalized spacial score (nSPS) is 10.5. The molecule has 0 atom stereocenters. The number of hydrogen-bond donors (Lipinski definition) is 1. The summed E-state index contributed by atoms with van der Waals surface area (Å²) in [6.07, 6.45) is 13.3. The predicted octanol–water partition coefficient (Wildman–Crippen LogP) is 8.23. The molecule has 0 aliphatic heterocycles. The Morgan fingerprint density at radius 1 is 1.00 bits per heavy atom. The van der Waals surface area contributed by atoms with Crippen LogP contribution in [0.25, 0.3) is 22.3 Å². The molecule has 2 aromatic heterocycles. The van der Waals surface area contributed by atoms with Crippen LogP contribution >= 0.6 is 0 Å². The van der Waals surface area contributed by atoms with Crippen molar-refractivity contribution in [2.45, 2.75) is 54.4 Å². The van der Waals surface area contributed by atoms with Gasteiger partial charge in [-0.25, -0.2) is 4.98 Å². The number of benzene rings is 2. The largest absolute Gasteiger partial charge is 0.499 e. The minimum atomic E-state index is -0.250. The fourth-order valence-corrected chi connectivity index (χ4v) is 4.71. The van der Waals surface area contributed by atoms with E-state index in [1.54, 1.807) is 48.5 Å². The van der Waals surface area contributed by atoms with Gasteiger partial charge in [0, 0.05) is 42.8 Å². The van der Waals surface area contributed by atoms with E-state index in [0.29, 0.717) is 41.4 Å². The van der Waals surface area contributed by atoms with E-state index in [9.17, 15) is 9.59 Å². The monoisotopic (exact) mass is 592 g/mol. The van der Waals surface area contributed by atoms with Gasteiger partial charge in [0.25, 0.3) is 11.8 Å². The van der Waals surface area contributed by atoms with Crippen molar-refractivity contribution in [3.05, 3.63) is 101 Å². The molecular weight excluding hydrogens is 548 g/mol. The summed E-state index contributed by atoms with van der Waals surface area (Å²) in [5.41, 5.74) is 5.84. The number of nitrogens with one attached hydrogen (secondary N) is 1. The first kappa shape index (κ1) is 35.2. The number of allylic oxidation sites excluding steroid dienone is 2. The summed E-state index contributed by atoms with van der Waals surface area (Å²) in [5.74, 6) is 0.630. The van der Waals surface area contributed by atoms with Crippen LogP contribution in [-0.4, -0.2) is 46.9 Å². The van der Waals surface area contributed by atoms with Crippen molar-refractivity contribution in [3.8, 4) is 24.2 Å². The molecule has 0 spiro atoms. The molecule has 0 radical (unpaired) electrons. The van der Waals surface area contributed by atoms with Crippen LogP contribution in [0.15, 0.2) is 78.7 Å². The lowest BCUT2D eigenvalue weighted by atomic mass is 10.00. The summed E-state index contributed by atoms with van der Waals surface area (Å²) in [5, 5.41) is 3.78. The molecule has 0 unspecified atom stereocenters. The van der Waals surface area contributed by atoms with Gasteiger partial charge in [0.15, 0.2) is 0 Å². The quantitative estimate of drug-likeness (QED) is 0.148. The van der Waals surface area contributed by atoms with Crippen molar-refractivity contribution >= 4 is 28.4 Å². The molecule has 4 rings (SSSR count). The Morgan fingerprint density at radius 3 is 2.32 bits per heavy atom. The van der Waals surface area contributed by atoms with E-state index in [0.717, 1.165) is 40.6 Å². The smallest absolute Gasteiger partial charge is 0.256 e. The number of nitrogens with zero attached hydrogens (tertiary/aromatic N) is 3. The number of anilines is 1. The third-order valence-electron chi connectivity index (χ3n) is 6.73. The molecule has 0 saturated heterocycles. The molecule has 0 aliphatic carbocycles. The highest BCUT2D eigenvalue weighted by Gasteiger charge is 2.17. The predicted molar refractivity (Wildman–Crippen MR) is 182 cm³/mol. The van der Waals surface area contributed by atoms with Gasteiger partial charge in [-0.15, -0.1) is 12.8 Å². The highest BCUT2D eigenvalue weighted by atomic mass is 16.5. The second kappa shape index (κ2) is 17.9. The molecule has 0 bridgehead atoms. The number of carbonyl (C=O) groups excluding carboxylic acids is 2. The number of pyridine rings is 2. The summed E-state index contributed by atoms with van der Waals surface area (Å²) < 4.78 is 5.58. The van der Waals surface area contributed by atoms with Crippen LogP contribution in [0, 0.1) is 26.7 Å². The lowest BCUT2D eigenvalue weighted by molar-refractivity contribution is 0.0791. The summed E-state index contributed by atoms with van der Waals surface area (Å²) >= 11 is 0. The molecule has 230 valence electrons. The van der Waals surface area contributed by atoms with Gasteiger partial charge in [-0.2, -0.15) is 0 Å². The fourth-order valence-electron chi connectivity index (χ4n) is 4.71. The SMILES string of the molecule is C#C.C/C=C(/CCCN(C)C(=O)c1ccc(NC(=O)c2cc(-c3ccccn3)nc3c(C)cc(C)cc23)cc1)OCC.CC. The summed E-state index contributed by atoms with van der Waals surface area (Å²) in [6, 6.07) is 18.5. The average molecular weight is 593 g/mol. The Kier molecular flexibility index (Phi) is 14.3. The molecule has 4 aromatic rings. The maximum absolute atomic E-state index is 13.6. The zero-order valence-electron chi connectivity index (χ0n) is 27.0. The number of ether oxygens (including phenoxy) is 1. The number of rotatable bonds is 10. The highest BCUT2D eigenvalue weighted by molar-refractivity contribution is 6.13. The minimum Gasteiger partial charge on any atom is -0.499 e. The zero-order valence-corrected chi connectivity index (χ0v) is 27.0. The molecular formula is C37H44N4O3. The molecule has 0 saturated carbocycles. The minimum absolute atomic E-state index is 0.0672. The molecule has 0 aliphatic rings. The number of aryl methyl sites for hydroxylation is 2. The van der Waals surface area contributed by atoms with Crippen LogP contribution in [0.5, 0.6) is 0 Å². The fraction of sp³-hybridized carbons (Fsp3) is 0.297. The molecule has 7 heteroatoms. The van der Waals surface area contributed by atoms with Crippen LogP contribution in [0.3, 0.4) is 0 Å². The third-order valence-corrected chi connectivity index (χ3v) is 6.73. The second-order valence-electron chi connectivity index (χ2n) is 9.80. The Labute approximate surface area is 262 Å². The van der Waals surface area contributed by atoms with E-state index >= 15 is 0 Å². The average Bonchev–Trinajstić information content (AvgIpc) is 3.06. The number of hydrogen-bond acceptors (Lipinski definition) is 5. The van der Waals surface area contributed by atoms with Gasteiger partial charge in [0.05, 0.1) is 34.8 Å². The van der Waals surface area contributed by atoms with E-state index in [1.165, 1.54) is 0 Å². The van der Waals surface area contributed by atoms with Crippen molar-refractivity contribution in [2.24, 2.45) is 0 Å². The molecule has 1 N–H and O–H groups in total. The first-order valence-corrected chi connectivity index (χ1v) is 14.9. The third kappa shape index (κ3) is 9.27. The number of fused-ring (bicyclic) bond motifs is 1. The summed E-state index contributed by atoms with van der Waals surface area (Å²) in [7, 11) is 1.80. The van der Waals surface area contributed by atoms with Crippen molar-refractivity contribution < 1.29 is 14.3 Å². The van der Waals surface area contributed by atoms with Gasteiger partial charge in [-0.1, -0.05) is 31.5 Å². The van der Waals surface area contributed by atoms with Crippen molar-refractivity contribution in [3.63, 3.8) is 0 Å². The molecule has 2 amide bonds. The maximum atomic E-state index is 13.6. The van der Waals surface area contributed by atoms with Crippen molar-refractivity contribution in [2.75, 3.05) is 25.5 Å². The van der Waals surface area contributed by atoms with E-state index in [-0.39, 0.29) is 11.8 Å². The zero-order chi connectivity index (χ0) is 32.6. The number of carbonyl (C=O) groups is 2. The van der Waals surface area contributed by atoms with E-state index in [1.807, 2.05) is 71.9 Å². The number of amides is 2. The van der Waals surface area contributed by atoms with E-state index in [2.05, 4.69) is 29.2 Å². The van der Waals surface area contributed by atoms with Gasteiger partial charge >= 0.3 is 0 Å². The molecule has 44 heavy (non-hydrogen) atoms. The van der Waals surface area contributed by atoms with Crippen molar-refractivity contribution in [1.82, 2.24) is 14.9 Å². The first-order valence-electron chi connectivity index (χ1n) is 14.9. The van der Waals surface area contributed by atoms with Gasteiger partial charge in [-0.3, -0.25) is 14.6 Å². The van der Waals surface area contributed by atoms with Crippen LogP contribution in [0.1, 0.15) is 72.4 Å². The van der Waals surface area contributed by atoms with E-state index in [4.69, 9.17) is 9.72 Å².